The van der Waals surface area contributed by atoms with Crippen molar-refractivity contribution in [2.75, 3.05) is 0 Å². The molecule has 2 aliphatic rings. The third-order valence-electron chi connectivity index (χ3n) is 5.70. The number of aromatic nitrogens is 2. The van der Waals surface area contributed by atoms with Crippen LogP contribution in [0, 0.1) is 5.92 Å². The highest BCUT2D eigenvalue weighted by Crippen LogP contribution is 2.56. The van der Waals surface area contributed by atoms with Crippen molar-refractivity contribution in [3.05, 3.63) is 89.5 Å². The van der Waals surface area contributed by atoms with Crippen molar-refractivity contribution >= 4 is 5.91 Å². The fraction of sp³-hybridized carbons (Fsp3) is 0.273. The molecule has 26 heavy (non-hydrogen) atoms. The fourth-order valence-corrected chi connectivity index (χ4v) is 4.37. The Balaban J connectivity index is 1.22. The summed E-state index contributed by atoms with van der Waals surface area (Å²) in [5.74, 6) is 1.20. The van der Waals surface area contributed by atoms with E-state index in [0.717, 1.165) is 18.7 Å². The Morgan fingerprint density at radius 3 is 2.81 bits per heavy atom. The predicted molar refractivity (Wildman–Crippen MR) is 99.8 cm³/mol. The summed E-state index contributed by atoms with van der Waals surface area (Å²) in [7, 11) is 0. The zero-order valence-electron chi connectivity index (χ0n) is 14.5. The van der Waals surface area contributed by atoms with Gasteiger partial charge >= 0.3 is 0 Å². The molecule has 1 amide bonds. The van der Waals surface area contributed by atoms with Crippen LogP contribution in [-0.4, -0.2) is 21.5 Å². The number of nitrogens with one attached hydrogen (secondary N) is 1. The highest BCUT2D eigenvalue weighted by Gasteiger charge is 2.56. The van der Waals surface area contributed by atoms with Crippen molar-refractivity contribution in [3.8, 4) is 0 Å². The molecule has 1 saturated carbocycles. The number of nitrogens with zero attached hydrogens (tertiary/aromatic N) is 2. The maximum absolute atomic E-state index is 12.6. The molecule has 0 bridgehead atoms. The van der Waals surface area contributed by atoms with E-state index in [1.54, 1.807) is 12.5 Å². The zero-order valence-corrected chi connectivity index (χ0v) is 14.5. The van der Waals surface area contributed by atoms with Crippen molar-refractivity contribution in [2.24, 2.45) is 5.92 Å². The Labute approximate surface area is 152 Å². The largest absolute Gasteiger partial charge is 0.352 e. The minimum absolute atomic E-state index is 0.0942. The quantitative estimate of drug-likeness (QED) is 0.774. The second kappa shape index (κ2) is 6.13. The van der Waals surface area contributed by atoms with Crippen LogP contribution in [0.3, 0.4) is 0 Å². The first-order valence-electron chi connectivity index (χ1n) is 9.20. The number of hydrogen-bond donors (Lipinski definition) is 1. The van der Waals surface area contributed by atoms with E-state index in [4.69, 9.17) is 0 Å². The molecular weight excluding hydrogens is 322 g/mol. The van der Waals surface area contributed by atoms with Crippen LogP contribution < -0.4 is 5.32 Å². The van der Waals surface area contributed by atoms with E-state index in [-0.39, 0.29) is 5.91 Å². The molecule has 0 saturated heterocycles. The standard InChI is InChI=1S/C22H21N3O/c26-20(24-22-19-10-16-8-4-5-9-18(16)21(19)22)11-17-12-23-14-25(17)13-15-6-2-1-3-7-15/h1-9,12,14,19,21-22H,10-11,13H2,(H,24,26)/t19-,21+,22+/m0/s1. The molecule has 1 heterocycles. The number of amides is 1. The van der Waals surface area contributed by atoms with Gasteiger partial charge in [-0.1, -0.05) is 54.6 Å². The van der Waals surface area contributed by atoms with Crippen LogP contribution >= 0.6 is 0 Å². The minimum Gasteiger partial charge on any atom is -0.352 e. The Morgan fingerprint density at radius 1 is 1.12 bits per heavy atom. The molecule has 0 radical (unpaired) electrons. The van der Waals surface area contributed by atoms with Gasteiger partial charge in [-0.15, -0.1) is 0 Å². The normalized spacial score (nSPS) is 22.5. The second-order valence-corrected chi connectivity index (χ2v) is 7.36. The molecule has 2 aliphatic carbocycles. The van der Waals surface area contributed by atoms with E-state index >= 15 is 0 Å². The molecule has 5 rings (SSSR count). The van der Waals surface area contributed by atoms with Gasteiger partial charge in [0.25, 0.3) is 0 Å². The summed E-state index contributed by atoms with van der Waals surface area (Å²) in [5, 5.41) is 3.25. The minimum atomic E-state index is 0.0942. The van der Waals surface area contributed by atoms with Crippen molar-refractivity contribution in [3.63, 3.8) is 0 Å². The number of carbonyl (C=O) groups is 1. The van der Waals surface area contributed by atoms with Crippen LogP contribution in [-0.2, 0) is 24.2 Å². The van der Waals surface area contributed by atoms with Gasteiger partial charge in [-0.05, 0) is 29.0 Å². The SMILES string of the molecule is O=C(Cc1cncn1Cc1ccccc1)N[C@@H]1[C@H]2Cc3ccccc3[C@H]21. The lowest BCUT2D eigenvalue weighted by molar-refractivity contribution is -0.120. The molecule has 4 nitrogen and oxygen atoms in total. The van der Waals surface area contributed by atoms with Gasteiger partial charge < -0.3 is 9.88 Å². The van der Waals surface area contributed by atoms with Gasteiger partial charge in [0, 0.05) is 30.4 Å². The molecule has 4 heteroatoms. The molecule has 0 aliphatic heterocycles. The van der Waals surface area contributed by atoms with E-state index < -0.39 is 0 Å². The highest BCUT2D eigenvalue weighted by molar-refractivity contribution is 5.79. The van der Waals surface area contributed by atoms with Gasteiger partial charge in [-0.2, -0.15) is 0 Å². The smallest absolute Gasteiger partial charge is 0.226 e. The summed E-state index contributed by atoms with van der Waals surface area (Å²) in [5.41, 5.74) is 5.05. The van der Waals surface area contributed by atoms with Gasteiger partial charge in [-0.3, -0.25) is 4.79 Å². The Bertz CT molecular complexity index is 947. The molecule has 1 aromatic heterocycles. The van der Waals surface area contributed by atoms with Gasteiger partial charge in [-0.25, -0.2) is 4.98 Å². The number of carbonyl (C=O) groups excluding carboxylic acids is 1. The molecule has 1 N–H and O–H groups in total. The molecule has 3 aromatic rings. The first-order valence-corrected chi connectivity index (χ1v) is 9.20. The van der Waals surface area contributed by atoms with Crippen LogP contribution in [0.25, 0.3) is 0 Å². The van der Waals surface area contributed by atoms with Crippen molar-refractivity contribution in [1.82, 2.24) is 14.9 Å². The Morgan fingerprint density at radius 2 is 1.92 bits per heavy atom. The number of fused-ring (bicyclic) bond motifs is 3. The molecule has 0 unspecified atom stereocenters. The third-order valence-corrected chi connectivity index (χ3v) is 5.70. The second-order valence-electron chi connectivity index (χ2n) is 7.36. The summed E-state index contributed by atoms with van der Waals surface area (Å²) in [6, 6.07) is 19.2. The average molecular weight is 343 g/mol. The summed E-state index contributed by atoms with van der Waals surface area (Å²) in [4.78, 5) is 16.8. The van der Waals surface area contributed by atoms with Crippen LogP contribution in [0.1, 0.15) is 28.3 Å². The maximum Gasteiger partial charge on any atom is 0.226 e. The average Bonchev–Trinajstić information content (AvgIpc) is 2.99. The topological polar surface area (TPSA) is 46.9 Å². The first kappa shape index (κ1) is 15.4. The highest BCUT2D eigenvalue weighted by atomic mass is 16.1. The predicted octanol–water partition coefficient (Wildman–Crippen LogP) is 2.93. The zero-order chi connectivity index (χ0) is 17.5. The number of benzene rings is 2. The van der Waals surface area contributed by atoms with E-state index in [0.29, 0.717) is 24.3 Å². The van der Waals surface area contributed by atoms with Crippen LogP contribution in [0.2, 0.25) is 0 Å². The van der Waals surface area contributed by atoms with Gasteiger partial charge in [0.1, 0.15) is 0 Å². The lowest BCUT2D eigenvalue weighted by Gasteiger charge is -2.11. The summed E-state index contributed by atoms with van der Waals surface area (Å²) in [6.07, 6.45) is 5.07. The Kier molecular flexibility index (Phi) is 3.63. The molecule has 0 spiro atoms. The molecular formula is C22H21N3O. The van der Waals surface area contributed by atoms with Gasteiger partial charge in [0.15, 0.2) is 0 Å². The van der Waals surface area contributed by atoms with Crippen molar-refractivity contribution in [2.45, 2.75) is 31.3 Å². The summed E-state index contributed by atoms with van der Waals surface area (Å²) >= 11 is 0. The van der Waals surface area contributed by atoms with E-state index in [9.17, 15) is 4.79 Å². The van der Waals surface area contributed by atoms with E-state index in [1.165, 1.54) is 16.7 Å². The number of imidazole rings is 1. The van der Waals surface area contributed by atoms with E-state index in [2.05, 4.69) is 51.3 Å². The van der Waals surface area contributed by atoms with E-state index in [1.807, 2.05) is 18.2 Å². The van der Waals surface area contributed by atoms with Crippen LogP contribution in [0.5, 0.6) is 0 Å². The monoisotopic (exact) mass is 343 g/mol. The van der Waals surface area contributed by atoms with Gasteiger partial charge in [0.2, 0.25) is 5.91 Å². The van der Waals surface area contributed by atoms with Gasteiger partial charge in [0.05, 0.1) is 12.7 Å². The maximum atomic E-state index is 12.6. The first-order chi connectivity index (χ1) is 12.8. The lowest BCUT2D eigenvalue weighted by Crippen LogP contribution is -2.30. The Hall–Kier alpha value is -2.88. The van der Waals surface area contributed by atoms with Crippen LogP contribution in [0.15, 0.2) is 67.1 Å². The molecule has 2 aromatic carbocycles. The molecule has 1 fully saturated rings. The number of rotatable bonds is 5. The number of hydrogen-bond acceptors (Lipinski definition) is 2. The third kappa shape index (κ3) is 2.71. The van der Waals surface area contributed by atoms with Crippen molar-refractivity contribution in [1.29, 1.82) is 0 Å². The van der Waals surface area contributed by atoms with Crippen molar-refractivity contribution < 1.29 is 4.79 Å². The summed E-state index contributed by atoms with van der Waals surface area (Å²) < 4.78 is 2.05. The molecule has 130 valence electrons. The summed E-state index contributed by atoms with van der Waals surface area (Å²) in [6.45, 7) is 0.742. The van der Waals surface area contributed by atoms with Crippen LogP contribution in [0.4, 0.5) is 0 Å². The fourth-order valence-electron chi connectivity index (χ4n) is 4.37. The lowest BCUT2D eigenvalue weighted by atomic mass is 10.1. The molecule has 3 atom stereocenters.